The van der Waals surface area contributed by atoms with Gasteiger partial charge < -0.3 is 9.84 Å². The number of rotatable bonds is 11. The van der Waals surface area contributed by atoms with Crippen molar-refractivity contribution in [2.75, 3.05) is 0 Å². The van der Waals surface area contributed by atoms with Crippen LogP contribution in [0.1, 0.15) is 65.1 Å². The Labute approximate surface area is 202 Å². The Morgan fingerprint density at radius 3 is 2.44 bits per heavy atom. The van der Waals surface area contributed by atoms with Crippen LogP contribution in [0.4, 0.5) is 0 Å². The number of thiophene rings is 1. The van der Waals surface area contributed by atoms with Crippen LogP contribution in [0.3, 0.4) is 0 Å². The summed E-state index contributed by atoms with van der Waals surface area (Å²) in [4.78, 5) is 42.0. The first-order valence-corrected chi connectivity index (χ1v) is 12.4. The number of ketones is 2. The number of benzene rings is 1. The summed E-state index contributed by atoms with van der Waals surface area (Å²) in [6.07, 6.45) is 2.76. The Hall–Kier alpha value is -3.16. The normalized spacial score (nSPS) is 17.5. The molecule has 0 unspecified atom stereocenters. The number of carboxylic acid groups (broad SMARTS) is 1. The molecule has 2 aromatic heterocycles. The molecule has 0 amide bonds. The van der Waals surface area contributed by atoms with Crippen molar-refractivity contribution < 1.29 is 24.2 Å². The predicted molar refractivity (Wildman–Crippen MR) is 130 cm³/mol. The zero-order valence-electron chi connectivity index (χ0n) is 18.8. The SMILES string of the molecule is O=C(O)CCC(=O)c1cc(-c2cccs2)cc(C(=O)C[C@@H]2CCC[C@H]2OCc2ccccc2)n1. The van der Waals surface area contributed by atoms with Crippen LogP contribution in [0.25, 0.3) is 10.4 Å². The van der Waals surface area contributed by atoms with E-state index >= 15 is 0 Å². The molecule has 1 aromatic carbocycles. The van der Waals surface area contributed by atoms with Gasteiger partial charge in [-0.15, -0.1) is 11.3 Å². The number of hydrogen-bond acceptors (Lipinski definition) is 6. The van der Waals surface area contributed by atoms with Crippen molar-refractivity contribution in [1.82, 2.24) is 4.98 Å². The summed E-state index contributed by atoms with van der Waals surface area (Å²) >= 11 is 1.51. The van der Waals surface area contributed by atoms with Crippen LogP contribution < -0.4 is 0 Å². The highest BCUT2D eigenvalue weighted by atomic mass is 32.1. The third-order valence-corrected chi connectivity index (χ3v) is 7.03. The van der Waals surface area contributed by atoms with E-state index < -0.39 is 5.97 Å². The molecule has 0 saturated heterocycles. The molecule has 0 aliphatic heterocycles. The van der Waals surface area contributed by atoms with Gasteiger partial charge in [-0.3, -0.25) is 14.4 Å². The Balaban J connectivity index is 1.49. The third kappa shape index (κ3) is 6.24. The second-order valence-corrected chi connectivity index (χ2v) is 9.52. The minimum atomic E-state index is -1.04. The van der Waals surface area contributed by atoms with E-state index in [0.29, 0.717) is 13.0 Å². The number of aliphatic carboxylic acids is 1. The number of Topliss-reactive ketones (excluding diaryl/α,β-unsaturated/α-hetero) is 2. The van der Waals surface area contributed by atoms with Gasteiger partial charge in [0.15, 0.2) is 11.6 Å². The van der Waals surface area contributed by atoms with Gasteiger partial charge in [-0.05, 0) is 53.5 Å². The topological polar surface area (TPSA) is 93.6 Å². The molecule has 1 fully saturated rings. The van der Waals surface area contributed by atoms with Gasteiger partial charge in [-0.1, -0.05) is 42.8 Å². The van der Waals surface area contributed by atoms with Crippen molar-refractivity contribution in [2.24, 2.45) is 5.92 Å². The van der Waals surface area contributed by atoms with E-state index in [-0.39, 0.29) is 47.8 Å². The van der Waals surface area contributed by atoms with Gasteiger partial charge in [0.1, 0.15) is 11.4 Å². The fraction of sp³-hybridized carbons (Fsp3) is 0.333. The Kier molecular flexibility index (Phi) is 7.98. The summed E-state index contributed by atoms with van der Waals surface area (Å²) in [6, 6.07) is 17.2. The van der Waals surface area contributed by atoms with Crippen LogP contribution in [0.5, 0.6) is 0 Å². The second kappa shape index (κ2) is 11.3. The molecule has 3 aromatic rings. The molecule has 2 heterocycles. The first kappa shape index (κ1) is 24.0. The Morgan fingerprint density at radius 2 is 1.74 bits per heavy atom. The number of ether oxygens (including phenoxy) is 1. The van der Waals surface area contributed by atoms with Crippen molar-refractivity contribution >= 4 is 28.9 Å². The Bertz CT molecular complexity index is 1140. The molecule has 1 saturated carbocycles. The first-order valence-electron chi connectivity index (χ1n) is 11.5. The third-order valence-electron chi connectivity index (χ3n) is 6.11. The fourth-order valence-electron chi connectivity index (χ4n) is 4.33. The lowest BCUT2D eigenvalue weighted by atomic mass is 9.96. The van der Waals surface area contributed by atoms with Crippen molar-refractivity contribution in [3.05, 3.63) is 76.9 Å². The number of hydrogen-bond donors (Lipinski definition) is 1. The van der Waals surface area contributed by atoms with Crippen LogP contribution in [0.2, 0.25) is 0 Å². The summed E-state index contributed by atoms with van der Waals surface area (Å²) in [6.45, 7) is 0.518. The van der Waals surface area contributed by atoms with Gasteiger partial charge in [0, 0.05) is 17.7 Å². The summed E-state index contributed by atoms with van der Waals surface area (Å²) in [5.41, 5.74) is 2.24. The van der Waals surface area contributed by atoms with Crippen molar-refractivity contribution in [1.29, 1.82) is 0 Å². The molecule has 1 aliphatic carbocycles. The molecule has 1 N–H and O–H groups in total. The monoisotopic (exact) mass is 477 g/mol. The van der Waals surface area contributed by atoms with Crippen molar-refractivity contribution in [2.45, 2.75) is 51.2 Å². The van der Waals surface area contributed by atoms with Crippen LogP contribution in [0, 0.1) is 5.92 Å². The molecule has 7 heteroatoms. The Morgan fingerprint density at radius 1 is 0.971 bits per heavy atom. The lowest BCUT2D eigenvalue weighted by Gasteiger charge is -2.20. The molecule has 1 aliphatic rings. The van der Waals surface area contributed by atoms with Gasteiger partial charge in [0.2, 0.25) is 0 Å². The molecule has 4 rings (SSSR count). The minimum Gasteiger partial charge on any atom is -0.481 e. The summed E-state index contributed by atoms with van der Waals surface area (Å²) < 4.78 is 6.16. The number of pyridine rings is 1. The van der Waals surface area contributed by atoms with Gasteiger partial charge in [0.05, 0.1) is 19.1 Å². The average Bonchev–Trinajstić information content (AvgIpc) is 3.54. The van der Waals surface area contributed by atoms with Gasteiger partial charge in [-0.2, -0.15) is 0 Å². The zero-order chi connectivity index (χ0) is 23.9. The number of aromatic nitrogens is 1. The van der Waals surface area contributed by atoms with Crippen LogP contribution in [0.15, 0.2) is 60.0 Å². The molecule has 34 heavy (non-hydrogen) atoms. The molecule has 0 bridgehead atoms. The van der Waals surface area contributed by atoms with Crippen LogP contribution >= 0.6 is 11.3 Å². The zero-order valence-corrected chi connectivity index (χ0v) is 19.6. The first-order chi connectivity index (χ1) is 16.5. The van der Waals surface area contributed by atoms with E-state index in [1.807, 2.05) is 47.8 Å². The minimum absolute atomic E-state index is 0.0151. The van der Waals surface area contributed by atoms with E-state index in [1.165, 1.54) is 11.3 Å². The van der Waals surface area contributed by atoms with E-state index in [0.717, 1.165) is 35.3 Å². The summed E-state index contributed by atoms with van der Waals surface area (Å²) in [7, 11) is 0. The quantitative estimate of drug-likeness (QED) is 0.350. The van der Waals surface area contributed by atoms with Crippen molar-refractivity contribution in [3.63, 3.8) is 0 Å². The molecule has 176 valence electrons. The maximum Gasteiger partial charge on any atom is 0.303 e. The smallest absolute Gasteiger partial charge is 0.303 e. The van der Waals surface area contributed by atoms with Gasteiger partial charge in [0.25, 0.3) is 0 Å². The van der Waals surface area contributed by atoms with Gasteiger partial charge >= 0.3 is 5.97 Å². The maximum absolute atomic E-state index is 13.3. The standard InChI is InChI=1S/C27H27NO5S/c29-23(11-12-27(31)32)21-14-20(26-10-5-13-34-26)15-22(28-21)24(30)16-19-8-4-9-25(19)33-17-18-6-2-1-3-7-18/h1-3,5-7,10,13-15,19,25H,4,8-9,11-12,16-17H2,(H,31,32)/t19-,25+/m0/s1. The van der Waals surface area contributed by atoms with E-state index in [9.17, 15) is 14.4 Å². The summed E-state index contributed by atoms with van der Waals surface area (Å²) in [5, 5.41) is 10.8. The van der Waals surface area contributed by atoms with Crippen LogP contribution in [-0.4, -0.2) is 33.7 Å². The highest BCUT2D eigenvalue weighted by molar-refractivity contribution is 7.13. The molecule has 0 radical (unpaired) electrons. The number of carboxylic acids is 1. The summed E-state index contributed by atoms with van der Waals surface area (Å²) in [5.74, 6) is -1.43. The molecular weight excluding hydrogens is 450 g/mol. The number of carbonyl (C=O) groups excluding carboxylic acids is 2. The van der Waals surface area contributed by atoms with Gasteiger partial charge in [-0.25, -0.2) is 4.98 Å². The number of carbonyl (C=O) groups is 3. The number of nitrogens with zero attached hydrogens (tertiary/aromatic N) is 1. The fourth-order valence-corrected chi connectivity index (χ4v) is 5.04. The van der Waals surface area contributed by atoms with Crippen molar-refractivity contribution in [3.8, 4) is 10.4 Å². The predicted octanol–water partition coefficient (Wildman–Crippen LogP) is 5.82. The highest BCUT2D eigenvalue weighted by Gasteiger charge is 2.31. The molecule has 6 nitrogen and oxygen atoms in total. The maximum atomic E-state index is 13.3. The second-order valence-electron chi connectivity index (χ2n) is 8.57. The largest absolute Gasteiger partial charge is 0.481 e. The van der Waals surface area contributed by atoms with E-state index in [1.54, 1.807) is 12.1 Å². The van der Waals surface area contributed by atoms with E-state index in [4.69, 9.17) is 9.84 Å². The van der Waals surface area contributed by atoms with E-state index in [2.05, 4.69) is 4.98 Å². The molecule has 0 spiro atoms. The molecular formula is C27H27NO5S. The highest BCUT2D eigenvalue weighted by Crippen LogP contribution is 2.33. The van der Waals surface area contributed by atoms with Crippen LogP contribution in [-0.2, 0) is 16.1 Å². The lowest BCUT2D eigenvalue weighted by molar-refractivity contribution is -0.136. The molecule has 2 atom stereocenters. The lowest BCUT2D eigenvalue weighted by Crippen LogP contribution is -2.22. The average molecular weight is 478 g/mol.